The molecule has 0 fully saturated rings. The average molecular weight is 360 g/mol. The summed E-state index contributed by atoms with van der Waals surface area (Å²) in [5.74, 6) is -1.77. The van der Waals surface area contributed by atoms with Gasteiger partial charge in [0.15, 0.2) is 0 Å². The number of halogens is 3. The maximum absolute atomic E-state index is 12.5. The molecule has 0 saturated heterocycles. The highest BCUT2D eigenvalue weighted by molar-refractivity contribution is 7.89. The van der Waals surface area contributed by atoms with Crippen LogP contribution in [-0.4, -0.2) is 19.4 Å². The Bertz CT molecular complexity index is 895. The molecule has 0 bridgehead atoms. The molecule has 0 saturated carbocycles. The number of hydrogen-bond donors (Lipinski definition) is 3. The molecule has 2 aromatic carbocycles. The third-order valence-electron chi connectivity index (χ3n) is 2.99. The highest BCUT2D eigenvalue weighted by Crippen LogP contribution is 2.32. The van der Waals surface area contributed by atoms with Gasteiger partial charge in [0.05, 0.1) is 16.0 Å². The Morgan fingerprint density at radius 3 is 2.33 bits per heavy atom. The first-order chi connectivity index (χ1) is 11.0. The molecule has 0 aliphatic heterocycles. The highest BCUT2D eigenvalue weighted by Gasteiger charge is 2.31. The third kappa shape index (κ3) is 4.03. The van der Waals surface area contributed by atoms with E-state index in [2.05, 4.69) is 5.32 Å². The SMILES string of the molecule is NS(=O)(=O)c1cccc(NC(=O)c2ccc(C(F)(F)F)cc2O)c1. The molecule has 6 nitrogen and oxygen atoms in total. The first-order valence-corrected chi connectivity index (χ1v) is 7.87. The Morgan fingerprint density at radius 1 is 1.12 bits per heavy atom. The molecular weight excluding hydrogens is 349 g/mol. The molecule has 0 aliphatic carbocycles. The van der Waals surface area contributed by atoms with Crippen LogP contribution in [0.2, 0.25) is 0 Å². The minimum absolute atomic E-state index is 0.0471. The van der Waals surface area contributed by atoms with Crippen molar-refractivity contribution in [2.24, 2.45) is 5.14 Å². The van der Waals surface area contributed by atoms with Crippen molar-refractivity contribution >= 4 is 21.6 Å². The van der Waals surface area contributed by atoms with Crippen molar-refractivity contribution in [3.8, 4) is 5.75 Å². The summed E-state index contributed by atoms with van der Waals surface area (Å²) < 4.78 is 60.1. The van der Waals surface area contributed by atoms with E-state index in [-0.39, 0.29) is 10.6 Å². The minimum atomic E-state index is -4.66. The van der Waals surface area contributed by atoms with Gasteiger partial charge in [0.2, 0.25) is 10.0 Å². The highest BCUT2D eigenvalue weighted by atomic mass is 32.2. The zero-order chi connectivity index (χ0) is 18.1. The zero-order valence-corrected chi connectivity index (χ0v) is 12.6. The predicted octanol–water partition coefficient (Wildman–Crippen LogP) is 2.31. The summed E-state index contributed by atoms with van der Waals surface area (Å²) in [5, 5.41) is 16.8. The lowest BCUT2D eigenvalue weighted by Gasteiger charge is -2.11. The minimum Gasteiger partial charge on any atom is -0.507 e. The second-order valence-corrected chi connectivity index (χ2v) is 6.32. The Balaban J connectivity index is 2.28. The Hall–Kier alpha value is -2.59. The van der Waals surface area contributed by atoms with Gasteiger partial charge in [0, 0.05) is 5.69 Å². The molecule has 0 heterocycles. The summed E-state index contributed by atoms with van der Waals surface area (Å²) in [6, 6.07) is 6.85. The second kappa shape index (κ2) is 6.13. The molecule has 0 aromatic heterocycles. The van der Waals surface area contributed by atoms with Gasteiger partial charge in [-0.25, -0.2) is 13.6 Å². The van der Waals surface area contributed by atoms with Gasteiger partial charge in [0.1, 0.15) is 5.75 Å². The van der Waals surface area contributed by atoms with Crippen molar-refractivity contribution in [1.29, 1.82) is 0 Å². The number of phenols is 1. The van der Waals surface area contributed by atoms with E-state index in [1.807, 2.05) is 0 Å². The number of sulfonamides is 1. The van der Waals surface area contributed by atoms with E-state index in [0.717, 1.165) is 12.1 Å². The molecule has 2 aromatic rings. The van der Waals surface area contributed by atoms with Gasteiger partial charge < -0.3 is 10.4 Å². The van der Waals surface area contributed by atoms with Gasteiger partial charge in [0.25, 0.3) is 5.91 Å². The predicted molar refractivity (Wildman–Crippen MR) is 78.9 cm³/mol. The smallest absolute Gasteiger partial charge is 0.416 e. The monoisotopic (exact) mass is 360 g/mol. The molecule has 1 amide bonds. The number of anilines is 1. The van der Waals surface area contributed by atoms with Crippen molar-refractivity contribution in [3.63, 3.8) is 0 Å². The summed E-state index contributed by atoms with van der Waals surface area (Å²) in [5.41, 5.74) is -1.46. The third-order valence-corrected chi connectivity index (χ3v) is 3.90. The van der Waals surface area contributed by atoms with Crippen molar-refractivity contribution in [3.05, 3.63) is 53.6 Å². The number of nitrogens with one attached hydrogen (secondary N) is 1. The van der Waals surface area contributed by atoms with Crippen LogP contribution in [0.4, 0.5) is 18.9 Å². The summed E-state index contributed by atoms with van der Waals surface area (Å²) in [4.78, 5) is 11.8. The molecule has 0 spiro atoms. The summed E-state index contributed by atoms with van der Waals surface area (Å²) >= 11 is 0. The van der Waals surface area contributed by atoms with Crippen LogP contribution in [-0.2, 0) is 16.2 Å². The van der Waals surface area contributed by atoms with Crippen molar-refractivity contribution < 1.29 is 31.5 Å². The molecule has 24 heavy (non-hydrogen) atoms. The molecule has 0 aliphatic rings. The van der Waals surface area contributed by atoms with Gasteiger partial charge in [-0.2, -0.15) is 13.2 Å². The van der Waals surface area contributed by atoms with Crippen molar-refractivity contribution in [1.82, 2.24) is 0 Å². The molecular formula is C14H11F3N2O4S. The Labute approximate surface area is 134 Å². The Morgan fingerprint density at radius 2 is 1.79 bits per heavy atom. The van der Waals surface area contributed by atoms with Crippen LogP contribution < -0.4 is 10.5 Å². The number of amides is 1. The molecule has 0 unspecified atom stereocenters. The van der Waals surface area contributed by atoms with Crippen molar-refractivity contribution in [2.75, 3.05) is 5.32 Å². The standard InChI is InChI=1S/C14H11F3N2O4S/c15-14(16,17)8-4-5-11(12(20)6-8)13(21)19-9-2-1-3-10(7-9)24(18,22)23/h1-7,20H,(H,19,21)(H2,18,22,23). The molecule has 128 valence electrons. The van der Waals surface area contributed by atoms with Crippen LogP contribution in [0.5, 0.6) is 5.75 Å². The number of rotatable bonds is 3. The fraction of sp³-hybridized carbons (Fsp3) is 0.0714. The molecule has 0 atom stereocenters. The van der Waals surface area contributed by atoms with Crippen molar-refractivity contribution in [2.45, 2.75) is 11.1 Å². The van der Waals surface area contributed by atoms with Crippen LogP contribution in [0.25, 0.3) is 0 Å². The molecule has 10 heteroatoms. The molecule has 0 radical (unpaired) electrons. The topological polar surface area (TPSA) is 109 Å². The summed E-state index contributed by atoms with van der Waals surface area (Å²) in [7, 11) is -3.98. The lowest BCUT2D eigenvalue weighted by Crippen LogP contribution is -2.15. The first kappa shape index (κ1) is 17.8. The summed E-state index contributed by atoms with van der Waals surface area (Å²) in [6.45, 7) is 0. The van der Waals surface area contributed by atoms with E-state index in [0.29, 0.717) is 12.1 Å². The van der Waals surface area contributed by atoms with Crippen LogP contribution in [0.1, 0.15) is 15.9 Å². The average Bonchev–Trinajstić information content (AvgIpc) is 2.45. The van der Waals surface area contributed by atoms with E-state index in [4.69, 9.17) is 5.14 Å². The number of aromatic hydroxyl groups is 1. The number of benzene rings is 2. The summed E-state index contributed by atoms with van der Waals surface area (Å²) in [6.07, 6.45) is -4.66. The van der Waals surface area contributed by atoms with Gasteiger partial charge in [-0.1, -0.05) is 6.07 Å². The second-order valence-electron chi connectivity index (χ2n) is 4.76. The van der Waals surface area contributed by atoms with Gasteiger partial charge in [-0.3, -0.25) is 4.79 Å². The van der Waals surface area contributed by atoms with E-state index >= 15 is 0 Å². The van der Waals surface area contributed by atoms with Gasteiger partial charge >= 0.3 is 6.18 Å². The normalized spacial score (nSPS) is 12.0. The van der Waals surface area contributed by atoms with Gasteiger partial charge in [-0.05, 0) is 36.4 Å². The van der Waals surface area contributed by atoms with Crippen LogP contribution in [0, 0.1) is 0 Å². The van der Waals surface area contributed by atoms with E-state index in [1.54, 1.807) is 0 Å². The number of alkyl halides is 3. The number of carbonyl (C=O) groups excluding carboxylic acids is 1. The van der Waals surface area contributed by atoms with Crippen LogP contribution in [0.15, 0.2) is 47.4 Å². The molecule has 2 rings (SSSR count). The number of carbonyl (C=O) groups is 1. The maximum atomic E-state index is 12.5. The molecule has 4 N–H and O–H groups in total. The number of hydrogen-bond acceptors (Lipinski definition) is 4. The number of nitrogens with two attached hydrogens (primary N) is 1. The largest absolute Gasteiger partial charge is 0.507 e. The number of phenolic OH excluding ortho intramolecular Hbond substituents is 1. The van der Waals surface area contributed by atoms with E-state index in [9.17, 15) is 31.5 Å². The first-order valence-electron chi connectivity index (χ1n) is 6.33. The quantitative estimate of drug-likeness (QED) is 0.780. The van der Waals surface area contributed by atoms with E-state index < -0.39 is 39.0 Å². The van der Waals surface area contributed by atoms with Gasteiger partial charge in [-0.15, -0.1) is 0 Å². The van der Waals surface area contributed by atoms with Crippen LogP contribution >= 0.6 is 0 Å². The van der Waals surface area contributed by atoms with Crippen LogP contribution in [0.3, 0.4) is 0 Å². The maximum Gasteiger partial charge on any atom is 0.416 e. The lowest BCUT2D eigenvalue weighted by atomic mass is 10.1. The Kier molecular flexibility index (Phi) is 4.54. The fourth-order valence-electron chi connectivity index (χ4n) is 1.85. The van der Waals surface area contributed by atoms with E-state index in [1.165, 1.54) is 18.2 Å². The number of primary sulfonamides is 1. The lowest BCUT2D eigenvalue weighted by molar-refractivity contribution is -0.137. The fourth-order valence-corrected chi connectivity index (χ4v) is 2.41. The zero-order valence-electron chi connectivity index (χ0n) is 11.8.